The SMILES string of the molecule is COc1csc(-c2nc(C(C)C)c(C(=O)O)o2)c1. The Kier molecular flexibility index (Phi) is 3.38. The number of hydrogen-bond acceptors (Lipinski definition) is 5. The second-order valence-electron chi connectivity index (χ2n) is 4.04. The van der Waals surface area contributed by atoms with E-state index in [-0.39, 0.29) is 11.7 Å². The van der Waals surface area contributed by atoms with E-state index in [1.54, 1.807) is 13.2 Å². The Morgan fingerprint density at radius 3 is 2.72 bits per heavy atom. The number of thiophene rings is 1. The van der Waals surface area contributed by atoms with E-state index in [9.17, 15) is 4.79 Å². The Bertz CT molecular complexity index is 570. The van der Waals surface area contributed by atoms with Crippen LogP contribution in [-0.4, -0.2) is 23.2 Å². The van der Waals surface area contributed by atoms with Crippen molar-refractivity contribution in [1.82, 2.24) is 4.98 Å². The number of ether oxygens (including phenoxy) is 1. The molecule has 0 aromatic carbocycles. The molecule has 0 amide bonds. The molecule has 5 nitrogen and oxygen atoms in total. The van der Waals surface area contributed by atoms with Crippen molar-refractivity contribution in [2.45, 2.75) is 19.8 Å². The molecular weight excluding hydrogens is 254 g/mol. The highest BCUT2D eigenvalue weighted by molar-refractivity contribution is 7.13. The third-order valence-corrected chi connectivity index (χ3v) is 3.31. The number of rotatable bonds is 4. The van der Waals surface area contributed by atoms with Gasteiger partial charge in [0.15, 0.2) is 0 Å². The average Bonchev–Trinajstić information content (AvgIpc) is 2.95. The molecule has 0 radical (unpaired) electrons. The smallest absolute Gasteiger partial charge is 0.373 e. The zero-order valence-corrected chi connectivity index (χ0v) is 11.1. The van der Waals surface area contributed by atoms with Crippen LogP contribution in [0.15, 0.2) is 15.9 Å². The largest absolute Gasteiger partial charge is 0.496 e. The molecule has 0 fully saturated rings. The van der Waals surface area contributed by atoms with E-state index in [4.69, 9.17) is 14.3 Å². The fourth-order valence-electron chi connectivity index (χ4n) is 1.52. The number of carboxylic acids is 1. The average molecular weight is 267 g/mol. The predicted octanol–water partition coefficient (Wildman–Crippen LogP) is 3.23. The van der Waals surface area contributed by atoms with E-state index in [0.29, 0.717) is 17.3 Å². The summed E-state index contributed by atoms with van der Waals surface area (Å²) in [5.41, 5.74) is 0.463. The summed E-state index contributed by atoms with van der Waals surface area (Å²) >= 11 is 1.40. The van der Waals surface area contributed by atoms with Gasteiger partial charge in [-0.25, -0.2) is 9.78 Å². The molecule has 2 aromatic rings. The third-order valence-electron chi connectivity index (χ3n) is 2.42. The molecule has 2 rings (SSSR count). The molecular formula is C12H13NO4S. The monoisotopic (exact) mass is 267 g/mol. The number of hydrogen-bond donors (Lipinski definition) is 1. The molecule has 0 saturated heterocycles. The van der Waals surface area contributed by atoms with Crippen LogP contribution >= 0.6 is 11.3 Å². The summed E-state index contributed by atoms with van der Waals surface area (Å²) < 4.78 is 10.4. The van der Waals surface area contributed by atoms with Crippen LogP contribution in [0.25, 0.3) is 10.8 Å². The number of aromatic nitrogens is 1. The van der Waals surface area contributed by atoms with E-state index in [1.165, 1.54) is 11.3 Å². The molecule has 2 heterocycles. The quantitative estimate of drug-likeness (QED) is 0.920. The van der Waals surface area contributed by atoms with Gasteiger partial charge in [-0.2, -0.15) is 0 Å². The molecule has 0 aliphatic carbocycles. The highest BCUT2D eigenvalue weighted by Crippen LogP contribution is 2.33. The normalized spacial score (nSPS) is 10.9. The second kappa shape index (κ2) is 4.81. The summed E-state index contributed by atoms with van der Waals surface area (Å²) in [5, 5.41) is 10.9. The number of carboxylic acid groups (broad SMARTS) is 1. The first kappa shape index (κ1) is 12.6. The first-order chi connectivity index (χ1) is 8.52. The molecule has 6 heteroatoms. The van der Waals surface area contributed by atoms with E-state index < -0.39 is 5.97 Å². The van der Waals surface area contributed by atoms with Crippen LogP contribution in [-0.2, 0) is 0 Å². The van der Waals surface area contributed by atoms with Gasteiger partial charge in [-0.3, -0.25) is 0 Å². The van der Waals surface area contributed by atoms with Gasteiger partial charge in [-0.05, 0) is 5.92 Å². The molecule has 0 atom stereocenters. The highest BCUT2D eigenvalue weighted by atomic mass is 32.1. The van der Waals surface area contributed by atoms with Gasteiger partial charge in [0.05, 0.1) is 17.7 Å². The Balaban J connectivity index is 2.46. The molecule has 2 aromatic heterocycles. The van der Waals surface area contributed by atoms with Gasteiger partial charge in [-0.1, -0.05) is 13.8 Å². The van der Waals surface area contributed by atoms with Gasteiger partial charge in [0.1, 0.15) is 5.75 Å². The Hall–Kier alpha value is -1.82. The lowest BCUT2D eigenvalue weighted by atomic mass is 10.1. The molecule has 0 bridgehead atoms. The van der Waals surface area contributed by atoms with Crippen molar-refractivity contribution in [2.75, 3.05) is 7.11 Å². The van der Waals surface area contributed by atoms with E-state index in [2.05, 4.69) is 4.98 Å². The van der Waals surface area contributed by atoms with Gasteiger partial charge >= 0.3 is 5.97 Å². The lowest BCUT2D eigenvalue weighted by Gasteiger charge is -1.98. The third kappa shape index (κ3) is 2.24. The minimum absolute atomic E-state index is 0.00421. The van der Waals surface area contributed by atoms with Crippen LogP contribution in [0.2, 0.25) is 0 Å². The summed E-state index contributed by atoms with van der Waals surface area (Å²) in [4.78, 5) is 16.1. The van der Waals surface area contributed by atoms with Gasteiger partial charge in [-0.15, -0.1) is 11.3 Å². The first-order valence-electron chi connectivity index (χ1n) is 5.39. The Labute approximate surface area is 108 Å². The van der Waals surface area contributed by atoms with Crippen LogP contribution in [0.5, 0.6) is 5.75 Å². The lowest BCUT2D eigenvalue weighted by Crippen LogP contribution is -2.01. The van der Waals surface area contributed by atoms with Crippen molar-refractivity contribution >= 4 is 17.3 Å². The van der Waals surface area contributed by atoms with Gasteiger partial charge in [0.2, 0.25) is 11.7 Å². The van der Waals surface area contributed by atoms with Crippen LogP contribution < -0.4 is 4.74 Å². The molecule has 1 N–H and O–H groups in total. The van der Waals surface area contributed by atoms with Crippen molar-refractivity contribution in [3.8, 4) is 16.5 Å². The summed E-state index contributed by atoms with van der Waals surface area (Å²) in [6.07, 6.45) is 0. The number of methoxy groups -OCH3 is 1. The fourth-order valence-corrected chi connectivity index (χ4v) is 2.30. The molecule has 0 unspecified atom stereocenters. The van der Waals surface area contributed by atoms with Gasteiger partial charge in [0, 0.05) is 11.4 Å². The van der Waals surface area contributed by atoms with Crippen molar-refractivity contribution in [3.63, 3.8) is 0 Å². The number of carbonyl (C=O) groups is 1. The number of aromatic carboxylic acids is 1. The fraction of sp³-hybridized carbons (Fsp3) is 0.333. The first-order valence-corrected chi connectivity index (χ1v) is 6.27. The van der Waals surface area contributed by atoms with E-state index >= 15 is 0 Å². The standard InChI is InChI=1S/C12H13NO4S/c1-6(2)9-10(12(14)15)17-11(13-9)8-4-7(16-3)5-18-8/h4-6H,1-3H3,(H,14,15). The van der Waals surface area contributed by atoms with E-state index in [0.717, 1.165) is 4.88 Å². The van der Waals surface area contributed by atoms with Crippen molar-refractivity contribution < 1.29 is 19.1 Å². The van der Waals surface area contributed by atoms with Gasteiger partial charge in [0.25, 0.3) is 0 Å². The summed E-state index contributed by atoms with van der Waals surface area (Å²) in [7, 11) is 1.57. The van der Waals surface area contributed by atoms with Crippen molar-refractivity contribution in [1.29, 1.82) is 0 Å². The molecule has 96 valence electrons. The zero-order valence-electron chi connectivity index (χ0n) is 10.3. The lowest BCUT2D eigenvalue weighted by molar-refractivity contribution is 0.0661. The Morgan fingerprint density at radius 2 is 2.28 bits per heavy atom. The molecule has 0 spiro atoms. The highest BCUT2D eigenvalue weighted by Gasteiger charge is 2.23. The zero-order chi connectivity index (χ0) is 13.3. The summed E-state index contributed by atoms with van der Waals surface area (Å²) in [6, 6.07) is 1.77. The molecule has 18 heavy (non-hydrogen) atoms. The molecule has 0 aliphatic rings. The van der Waals surface area contributed by atoms with Crippen molar-refractivity contribution in [2.24, 2.45) is 0 Å². The molecule has 0 saturated carbocycles. The topological polar surface area (TPSA) is 72.6 Å². The van der Waals surface area contributed by atoms with Crippen LogP contribution in [0.3, 0.4) is 0 Å². The maximum atomic E-state index is 11.1. The predicted molar refractivity (Wildman–Crippen MR) is 67.4 cm³/mol. The maximum Gasteiger partial charge on any atom is 0.373 e. The van der Waals surface area contributed by atoms with Crippen LogP contribution in [0.1, 0.15) is 36.0 Å². The number of oxazole rings is 1. The second-order valence-corrected chi connectivity index (χ2v) is 4.96. The number of nitrogens with zero attached hydrogens (tertiary/aromatic N) is 1. The minimum atomic E-state index is -1.10. The van der Waals surface area contributed by atoms with Crippen LogP contribution in [0, 0.1) is 0 Å². The maximum absolute atomic E-state index is 11.1. The Morgan fingerprint density at radius 1 is 1.56 bits per heavy atom. The van der Waals surface area contributed by atoms with E-state index in [1.807, 2.05) is 19.2 Å². The van der Waals surface area contributed by atoms with Crippen LogP contribution in [0.4, 0.5) is 0 Å². The summed E-state index contributed by atoms with van der Waals surface area (Å²) in [6.45, 7) is 3.76. The van der Waals surface area contributed by atoms with Crippen molar-refractivity contribution in [3.05, 3.63) is 22.9 Å². The van der Waals surface area contributed by atoms with Gasteiger partial charge < -0.3 is 14.3 Å². The minimum Gasteiger partial charge on any atom is -0.496 e. The molecule has 0 aliphatic heterocycles. The summed E-state index contributed by atoms with van der Waals surface area (Å²) in [5.74, 6) is -0.163.